The summed E-state index contributed by atoms with van der Waals surface area (Å²) in [6.07, 6.45) is 2.11. The van der Waals surface area contributed by atoms with Crippen LogP contribution in [0.3, 0.4) is 0 Å². The molecule has 0 saturated heterocycles. The molecule has 10 heteroatoms. The molecule has 0 aliphatic heterocycles. The Morgan fingerprint density at radius 1 is 0.917 bits per heavy atom. The highest BCUT2D eigenvalue weighted by Gasteiger charge is 2.07. The van der Waals surface area contributed by atoms with E-state index in [2.05, 4.69) is 10.5 Å². The minimum absolute atomic E-state index is 0.180. The highest BCUT2D eigenvalue weighted by molar-refractivity contribution is 6.35. The van der Waals surface area contributed by atoms with Crippen LogP contribution in [0.25, 0.3) is 0 Å². The first-order chi connectivity index (χ1) is 17.4. The van der Waals surface area contributed by atoms with Gasteiger partial charge in [-0.3, -0.25) is 9.59 Å². The summed E-state index contributed by atoms with van der Waals surface area (Å²) in [6.45, 7) is 0.124. The third-order valence-electron chi connectivity index (χ3n) is 4.62. The zero-order valence-electron chi connectivity index (χ0n) is 19.4. The summed E-state index contributed by atoms with van der Waals surface area (Å²) < 4.78 is 21.3. The van der Waals surface area contributed by atoms with E-state index in [1.165, 1.54) is 6.21 Å². The number of rotatable bonds is 12. The second-order valence-corrected chi connectivity index (χ2v) is 8.17. The molecule has 0 saturated carbocycles. The van der Waals surface area contributed by atoms with E-state index in [4.69, 9.17) is 42.1 Å². The maximum absolute atomic E-state index is 12.1. The minimum Gasteiger partial charge on any atom is -0.497 e. The number of carbonyl (C=O) groups is 2. The molecule has 0 aliphatic carbocycles. The number of amides is 1. The first-order valence-electron chi connectivity index (χ1n) is 10.9. The standard InChI is InChI=1S/C26H24Cl2N2O6/c1-33-20-9-11-21(12-10-20)35-17-25(31)30-29-16-18-4-7-22(8-5-18)36-26(32)3-2-14-34-24-13-6-19(27)15-23(24)28/h4-13,15-16H,2-3,14,17H2,1H3,(H,30,31)/b29-16-. The Hall–Kier alpha value is -3.75. The van der Waals surface area contributed by atoms with Crippen LogP contribution in [-0.4, -0.2) is 38.4 Å². The molecule has 0 unspecified atom stereocenters. The predicted octanol–water partition coefficient (Wildman–Crippen LogP) is 5.30. The second kappa shape index (κ2) is 14.0. The molecule has 0 bridgehead atoms. The van der Waals surface area contributed by atoms with Crippen molar-refractivity contribution in [1.82, 2.24) is 5.43 Å². The van der Waals surface area contributed by atoms with Gasteiger partial charge in [-0.15, -0.1) is 0 Å². The van der Waals surface area contributed by atoms with Crippen molar-refractivity contribution in [3.8, 4) is 23.0 Å². The summed E-state index contributed by atoms with van der Waals surface area (Å²) in [7, 11) is 1.57. The summed E-state index contributed by atoms with van der Waals surface area (Å²) in [4.78, 5) is 23.9. The summed E-state index contributed by atoms with van der Waals surface area (Å²) in [5.74, 6) is 1.35. The van der Waals surface area contributed by atoms with Crippen molar-refractivity contribution in [1.29, 1.82) is 0 Å². The van der Waals surface area contributed by atoms with Crippen molar-refractivity contribution >= 4 is 41.3 Å². The number of hydrogen-bond acceptors (Lipinski definition) is 7. The minimum atomic E-state index is -0.407. The van der Waals surface area contributed by atoms with E-state index in [0.717, 1.165) is 0 Å². The number of hydrazone groups is 1. The quantitative estimate of drug-likeness (QED) is 0.112. The van der Waals surface area contributed by atoms with Crippen LogP contribution >= 0.6 is 23.2 Å². The van der Waals surface area contributed by atoms with Gasteiger partial charge in [-0.05, 0) is 78.7 Å². The number of halogens is 2. The largest absolute Gasteiger partial charge is 0.497 e. The van der Waals surface area contributed by atoms with Crippen molar-refractivity contribution < 1.29 is 28.5 Å². The first-order valence-corrected chi connectivity index (χ1v) is 11.7. The van der Waals surface area contributed by atoms with Crippen LogP contribution in [0.1, 0.15) is 18.4 Å². The Morgan fingerprint density at radius 2 is 1.61 bits per heavy atom. The molecule has 0 fully saturated rings. The van der Waals surface area contributed by atoms with Crippen LogP contribution in [0.5, 0.6) is 23.0 Å². The second-order valence-electron chi connectivity index (χ2n) is 7.33. The lowest BCUT2D eigenvalue weighted by atomic mass is 10.2. The molecule has 0 aromatic heterocycles. The highest BCUT2D eigenvalue weighted by atomic mass is 35.5. The molecule has 0 radical (unpaired) electrons. The van der Waals surface area contributed by atoms with Crippen molar-refractivity contribution in [2.24, 2.45) is 5.10 Å². The molecule has 0 atom stereocenters. The van der Waals surface area contributed by atoms with Crippen LogP contribution in [-0.2, 0) is 9.59 Å². The molecule has 36 heavy (non-hydrogen) atoms. The first kappa shape index (κ1) is 26.8. The number of hydrogen-bond donors (Lipinski definition) is 1. The molecule has 0 heterocycles. The van der Waals surface area contributed by atoms with E-state index >= 15 is 0 Å². The van der Waals surface area contributed by atoms with Crippen molar-refractivity contribution in [2.45, 2.75) is 12.8 Å². The van der Waals surface area contributed by atoms with Gasteiger partial charge in [0.25, 0.3) is 5.91 Å². The van der Waals surface area contributed by atoms with Gasteiger partial charge in [-0.25, -0.2) is 5.43 Å². The van der Waals surface area contributed by atoms with Crippen LogP contribution in [0.2, 0.25) is 10.0 Å². The average molecular weight is 531 g/mol. The summed E-state index contributed by atoms with van der Waals surface area (Å²) >= 11 is 11.9. The summed E-state index contributed by atoms with van der Waals surface area (Å²) in [5, 5.41) is 4.83. The zero-order valence-corrected chi connectivity index (χ0v) is 20.9. The Balaban J connectivity index is 1.33. The number of esters is 1. The fraction of sp³-hybridized carbons (Fsp3) is 0.192. The lowest BCUT2D eigenvalue weighted by Gasteiger charge is -2.08. The van der Waals surface area contributed by atoms with Gasteiger partial charge in [0.15, 0.2) is 6.61 Å². The molecule has 1 amide bonds. The number of nitrogens with zero attached hydrogens (tertiary/aromatic N) is 1. The SMILES string of the molecule is COc1ccc(OCC(=O)N/N=C\c2ccc(OC(=O)CCCOc3ccc(Cl)cc3Cl)cc2)cc1. The number of methoxy groups -OCH3 is 1. The Morgan fingerprint density at radius 3 is 2.31 bits per heavy atom. The van der Waals surface area contributed by atoms with E-state index in [0.29, 0.717) is 51.6 Å². The third-order valence-corrected chi connectivity index (χ3v) is 5.15. The topological polar surface area (TPSA) is 95.5 Å². The van der Waals surface area contributed by atoms with E-state index in [-0.39, 0.29) is 19.0 Å². The van der Waals surface area contributed by atoms with Crippen LogP contribution in [0, 0.1) is 0 Å². The van der Waals surface area contributed by atoms with E-state index < -0.39 is 5.91 Å². The number of nitrogens with one attached hydrogen (secondary N) is 1. The van der Waals surface area contributed by atoms with Crippen molar-refractivity contribution in [3.05, 3.63) is 82.3 Å². The normalized spacial score (nSPS) is 10.6. The predicted molar refractivity (Wildman–Crippen MR) is 137 cm³/mol. The summed E-state index contributed by atoms with van der Waals surface area (Å²) in [6, 6.07) is 18.5. The van der Waals surface area contributed by atoms with Gasteiger partial charge in [0.2, 0.25) is 0 Å². The molecule has 0 spiro atoms. The van der Waals surface area contributed by atoms with Gasteiger partial charge in [0, 0.05) is 11.4 Å². The maximum Gasteiger partial charge on any atom is 0.311 e. The number of carbonyl (C=O) groups excluding carboxylic acids is 2. The molecule has 188 valence electrons. The Bertz CT molecular complexity index is 1180. The zero-order chi connectivity index (χ0) is 25.8. The van der Waals surface area contributed by atoms with E-state index in [9.17, 15) is 9.59 Å². The van der Waals surface area contributed by atoms with E-state index in [1.54, 1.807) is 73.8 Å². The van der Waals surface area contributed by atoms with E-state index in [1.807, 2.05) is 0 Å². The van der Waals surface area contributed by atoms with Crippen LogP contribution in [0.4, 0.5) is 0 Å². The van der Waals surface area contributed by atoms with Gasteiger partial charge >= 0.3 is 5.97 Å². The lowest BCUT2D eigenvalue weighted by Crippen LogP contribution is -2.24. The molecule has 1 N–H and O–H groups in total. The third kappa shape index (κ3) is 9.13. The maximum atomic E-state index is 12.1. The van der Waals surface area contributed by atoms with Crippen molar-refractivity contribution in [3.63, 3.8) is 0 Å². The van der Waals surface area contributed by atoms with Gasteiger partial charge in [0.1, 0.15) is 23.0 Å². The smallest absolute Gasteiger partial charge is 0.311 e. The number of benzene rings is 3. The van der Waals surface area contributed by atoms with Gasteiger partial charge in [0.05, 0.1) is 25.0 Å². The molecule has 8 nitrogen and oxygen atoms in total. The van der Waals surface area contributed by atoms with Gasteiger partial charge in [-0.1, -0.05) is 23.2 Å². The van der Waals surface area contributed by atoms with Gasteiger partial charge < -0.3 is 18.9 Å². The molecule has 3 aromatic rings. The molecule has 3 rings (SSSR count). The van der Waals surface area contributed by atoms with Gasteiger partial charge in [-0.2, -0.15) is 5.10 Å². The Kier molecular flexibility index (Phi) is 10.4. The monoisotopic (exact) mass is 530 g/mol. The summed E-state index contributed by atoms with van der Waals surface area (Å²) in [5.41, 5.74) is 3.09. The Labute approximate surface area is 218 Å². The van der Waals surface area contributed by atoms with Crippen LogP contribution < -0.4 is 24.4 Å². The molecule has 0 aliphatic rings. The van der Waals surface area contributed by atoms with Crippen LogP contribution in [0.15, 0.2) is 71.8 Å². The van der Waals surface area contributed by atoms with Crippen molar-refractivity contribution in [2.75, 3.05) is 20.3 Å². The molecule has 3 aromatic carbocycles. The fourth-order valence-corrected chi connectivity index (χ4v) is 3.29. The molecular weight excluding hydrogens is 507 g/mol. The average Bonchev–Trinajstić information content (AvgIpc) is 2.88. The fourth-order valence-electron chi connectivity index (χ4n) is 2.83. The highest BCUT2D eigenvalue weighted by Crippen LogP contribution is 2.27. The number of ether oxygens (including phenoxy) is 4. The molecular formula is C26H24Cl2N2O6. The lowest BCUT2D eigenvalue weighted by molar-refractivity contribution is -0.134.